The zero-order valence-corrected chi connectivity index (χ0v) is 17.9. The number of rotatable bonds is 7. The van der Waals surface area contributed by atoms with Crippen LogP contribution in [-0.2, 0) is 14.8 Å². The van der Waals surface area contributed by atoms with Crippen molar-refractivity contribution in [2.24, 2.45) is 0 Å². The Morgan fingerprint density at radius 3 is 2.48 bits per heavy atom. The highest BCUT2D eigenvalue weighted by molar-refractivity contribution is 8.00. The summed E-state index contributed by atoms with van der Waals surface area (Å²) in [5, 5.41) is 3.04. The molecule has 0 atom stereocenters. The van der Waals surface area contributed by atoms with Crippen LogP contribution in [0.5, 0.6) is 0 Å². The molecule has 0 saturated carbocycles. The van der Waals surface area contributed by atoms with Crippen molar-refractivity contribution in [2.45, 2.75) is 16.7 Å². The molecule has 3 aromatic carbocycles. The highest BCUT2D eigenvalue weighted by Crippen LogP contribution is 2.25. The molecule has 5 nitrogen and oxygen atoms in total. The number of amides is 1. The van der Waals surface area contributed by atoms with Crippen molar-refractivity contribution in [1.29, 1.82) is 0 Å². The van der Waals surface area contributed by atoms with Gasteiger partial charge in [-0.1, -0.05) is 48.0 Å². The first-order valence-electron chi connectivity index (χ1n) is 8.71. The maximum absolute atomic E-state index is 12.7. The molecule has 2 N–H and O–H groups in total. The fourth-order valence-corrected chi connectivity index (χ4v) is 4.74. The van der Waals surface area contributed by atoms with Gasteiger partial charge in [0.05, 0.1) is 21.4 Å². The van der Waals surface area contributed by atoms with Gasteiger partial charge in [-0.15, -0.1) is 11.8 Å². The molecular weight excluding hydrogens is 428 g/mol. The zero-order chi connectivity index (χ0) is 20.9. The molecule has 29 heavy (non-hydrogen) atoms. The Morgan fingerprint density at radius 2 is 1.72 bits per heavy atom. The predicted molar refractivity (Wildman–Crippen MR) is 119 cm³/mol. The van der Waals surface area contributed by atoms with Gasteiger partial charge in [-0.25, -0.2) is 8.42 Å². The van der Waals surface area contributed by atoms with E-state index in [2.05, 4.69) is 10.0 Å². The monoisotopic (exact) mass is 446 g/mol. The lowest BCUT2D eigenvalue weighted by Crippen LogP contribution is -2.16. The summed E-state index contributed by atoms with van der Waals surface area (Å²) in [7, 11) is -3.85. The molecule has 0 aliphatic rings. The van der Waals surface area contributed by atoms with Crippen LogP contribution in [0, 0.1) is 6.92 Å². The third-order valence-electron chi connectivity index (χ3n) is 4.00. The number of halogens is 1. The van der Waals surface area contributed by atoms with Gasteiger partial charge in [0.2, 0.25) is 5.91 Å². The molecule has 0 unspecified atom stereocenters. The molecule has 1 amide bonds. The number of para-hydroxylation sites is 1. The fourth-order valence-electron chi connectivity index (χ4n) is 2.55. The van der Waals surface area contributed by atoms with Gasteiger partial charge >= 0.3 is 0 Å². The molecule has 8 heteroatoms. The van der Waals surface area contributed by atoms with Crippen LogP contribution >= 0.6 is 23.4 Å². The van der Waals surface area contributed by atoms with Crippen LogP contribution in [0.2, 0.25) is 5.02 Å². The van der Waals surface area contributed by atoms with E-state index in [0.29, 0.717) is 16.4 Å². The van der Waals surface area contributed by atoms with Crippen molar-refractivity contribution in [3.05, 3.63) is 83.4 Å². The van der Waals surface area contributed by atoms with Gasteiger partial charge in [-0.3, -0.25) is 9.52 Å². The van der Waals surface area contributed by atoms with E-state index in [9.17, 15) is 13.2 Å². The predicted octanol–water partition coefficient (Wildman–Crippen LogP) is 5.18. The summed E-state index contributed by atoms with van der Waals surface area (Å²) in [6, 6.07) is 20.5. The van der Waals surface area contributed by atoms with Crippen LogP contribution < -0.4 is 10.0 Å². The van der Waals surface area contributed by atoms with Crippen LogP contribution in [0.15, 0.2) is 82.6 Å². The number of thioether (sulfide) groups is 1. The minimum Gasteiger partial charge on any atom is -0.325 e. The summed E-state index contributed by atoms with van der Waals surface area (Å²) in [5.41, 5.74) is 1.80. The molecule has 0 saturated heterocycles. The summed E-state index contributed by atoms with van der Waals surface area (Å²) in [6.07, 6.45) is 0. The quantitative estimate of drug-likeness (QED) is 0.490. The van der Waals surface area contributed by atoms with Gasteiger partial charge in [0.25, 0.3) is 10.0 Å². The maximum Gasteiger partial charge on any atom is 0.262 e. The minimum atomic E-state index is -3.85. The number of nitrogens with one attached hydrogen (secondary N) is 2. The zero-order valence-electron chi connectivity index (χ0n) is 15.6. The molecular formula is C21H19ClN2O3S2. The first kappa shape index (κ1) is 21.2. The average molecular weight is 447 g/mol. The van der Waals surface area contributed by atoms with E-state index in [1.165, 1.54) is 23.9 Å². The van der Waals surface area contributed by atoms with Crippen molar-refractivity contribution in [1.82, 2.24) is 0 Å². The smallest absolute Gasteiger partial charge is 0.262 e. The number of aryl methyl sites for hydroxylation is 1. The molecule has 0 bridgehead atoms. The van der Waals surface area contributed by atoms with Crippen LogP contribution in [0.4, 0.5) is 11.4 Å². The molecule has 150 valence electrons. The molecule has 0 radical (unpaired) electrons. The van der Waals surface area contributed by atoms with Crippen LogP contribution in [0.3, 0.4) is 0 Å². The highest BCUT2D eigenvalue weighted by Gasteiger charge is 2.16. The first-order valence-corrected chi connectivity index (χ1v) is 11.6. The standard InChI is InChI=1S/C21H19ClN2O3S2/c1-15-7-2-5-12-20(15)28-14-21(25)23-16-8-6-9-17(13-16)29(26,27)24-19-11-4-3-10-18(19)22/h2-13,24H,14H2,1H3,(H,23,25). The van der Waals surface area contributed by atoms with E-state index in [1.54, 1.807) is 36.4 Å². The Bertz CT molecular complexity index is 1130. The van der Waals surface area contributed by atoms with Crippen LogP contribution in [0.1, 0.15) is 5.56 Å². The molecule has 0 aliphatic heterocycles. The SMILES string of the molecule is Cc1ccccc1SCC(=O)Nc1cccc(S(=O)(=O)Nc2ccccc2Cl)c1. The molecule has 3 rings (SSSR count). The Balaban J connectivity index is 1.68. The van der Waals surface area contributed by atoms with Crippen molar-refractivity contribution >= 4 is 50.7 Å². The second kappa shape index (κ2) is 9.35. The van der Waals surface area contributed by atoms with Crippen molar-refractivity contribution in [2.75, 3.05) is 15.8 Å². The number of carbonyl (C=O) groups is 1. The molecule has 3 aromatic rings. The Labute approximate surface area is 179 Å². The van der Waals surface area contributed by atoms with Crippen LogP contribution in [-0.4, -0.2) is 20.1 Å². The van der Waals surface area contributed by atoms with E-state index in [-0.39, 0.29) is 16.6 Å². The number of hydrogen-bond acceptors (Lipinski definition) is 4. The summed E-state index contributed by atoms with van der Waals surface area (Å²) >= 11 is 7.46. The number of benzene rings is 3. The van der Waals surface area contributed by atoms with Gasteiger partial charge in [0.1, 0.15) is 0 Å². The van der Waals surface area contributed by atoms with E-state index in [1.807, 2.05) is 31.2 Å². The van der Waals surface area contributed by atoms with E-state index in [4.69, 9.17) is 11.6 Å². The number of sulfonamides is 1. The van der Waals surface area contributed by atoms with Gasteiger partial charge in [0, 0.05) is 10.6 Å². The molecule has 0 heterocycles. The lowest BCUT2D eigenvalue weighted by atomic mass is 10.2. The van der Waals surface area contributed by atoms with Gasteiger partial charge in [0.15, 0.2) is 0 Å². The summed E-state index contributed by atoms with van der Waals surface area (Å²) < 4.78 is 27.8. The van der Waals surface area contributed by atoms with Crippen molar-refractivity contribution in [3.63, 3.8) is 0 Å². The third-order valence-corrected chi connectivity index (χ3v) is 6.87. The van der Waals surface area contributed by atoms with Crippen molar-refractivity contribution in [3.8, 4) is 0 Å². The lowest BCUT2D eigenvalue weighted by molar-refractivity contribution is -0.113. The molecule has 0 spiro atoms. The van der Waals surface area contributed by atoms with Crippen molar-refractivity contribution < 1.29 is 13.2 Å². The Hall–Kier alpha value is -2.48. The van der Waals surface area contributed by atoms with E-state index in [0.717, 1.165) is 10.5 Å². The van der Waals surface area contributed by atoms with Gasteiger partial charge in [-0.2, -0.15) is 0 Å². The largest absolute Gasteiger partial charge is 0.325 e. The number of hydrogen-bond donors (Lipinski definition) is 2. The summed E-state index contributed by atoms with van der Waals surface area (Å²) in [5.74, 6) is 0.00606. The summed E-state index contributed by atoms with van der Waals surface area (Å²) in [6.45, 7) is 1.99. The normalized spacial score (nSPS) is 11.1. The Morgan fingerprint density at radius 1 is 1.00 bits per heavy atom. The third kappa shape index (κ3) is 5.76. The number of anilines is 2. The second-order valence-corrected chi connectivity index (χ2v) is 9.32. The maximum atomic E-state index is 12.7. The Kier molecular flexibility index (Phi) is 6.84. The molecule has 0 aliphatic carbocycles. The highest BCUT2D eigenvalue weighted by atomic mass is 35.5. The average Bonchev–Trinajstić information content (AvgIpc) is 2.69. The van der Waals surface area contributed by atoms with Gasteiger partial charge in [-0.05, 0) is 48.9 Å². The fraction of sp³-hybridized carbons (Fsp3) is 0.0952. The van der Waals surface area contributed by atoms with Crippen LogP contribution in [0.25, 0.3) is 0 Å². The minimum absolute atomic E-state index is 0.0294. The molecule has 0 aromatic heterocycles. The summed E-state index contributed by atoms with van der Waals surface area (Å²) in [4.78, 5) is 13.3. The van der Waals surface area contributed by atoms with E-state index < -0.39 is 10.0 Å². The van der Waals surface area contributed by atoms with E-state index >= 15 is 0 Å². The lowest BCUT2D eigenvalue weighted by Gasteiger charge is -2.11. The van der Waals surface area contributed by atoms with Gasteiger partial charge < -0.3 is 5.32 Å². The molecule has 0 fully saturated rings. The topological polar surface area (TPSA) is 75.3 Å². The first-order chi connectivity index (χ1) is 13.8. The number of carbonyl (C=O) groups excluding carboxylic acids is 1. The second-order valence-electron chi connectivity index (χ2n) is 6.22.